The second-order valence-electron chi connectivity index (χ2n) is 4.50. The number of thioether (sulfide) groups is 2. The Labute approximate surface area is 140 Å². The van der Waals surface area contributed by atoms with E-state index in [4.69, 9.17) is 10.2 Å². The molecule has 0 unspecified atom stereocenters. The first-order chi connectivity index (χ1) is 10.6. The van der Waals surface area contributed by atoms with Crippen LogP contribution in [0.4, 0.5) is 0 Å². The Morgan fingerprint density at radius 1 is 0.864 bits per heavy atom. The normalized spacial score (nSPS) is 10.3. The fraction of sp³-hybridized carbons (Fsp3) is 0.714. The van der Waals surface area contributed by atoms with Crippen LogP contribution >= 0.6 is 23.5 Å². The maximum atomic E-state index is 11.3. The lowest BCUT2D eigenvalue weighted by Gasteiger charge is -2.06. The highest BCUT2D eigenvalue weighted by molar-refractivity contribution is 8.00. The zero-order valence-electron chi connectivity index (χ0n) is 12.8. The largest absolute Gasteiger partial charge is 0.395 e. The van der Waals surface area contributed by atoms with Gasteiger partial charge < -0.3 is 20.8 Å². The molecule has 0 atom stereocenters. The molecule has 0 aromatic carbocycles. The van der Waals surface area contributed by atoms with Crippen molar-refractivity contribution in [1.29, 1.82) is 0 Å². The smallest absolute Gasteiger partial charge is 0.220 e. The summed E-state index contributed by atoms with van der Waals surface area (Å²) in [6.45, 7) is 4.51. The summed E-state index contributed by atoms with van der Waals surface area (Å²) in [4.78, 5) is 22.6. The minimum absolute atomic E-state index is 0.0368. The molecule has 6 nitrogen and oxygen atoms in total. The van der Waals surface area contributed by atoms with E-state index in [1.807, 2.05) is 0 Å². The fourth-order valence-electron chi connectivity index (χ4n) is 1.37. The van der Waals surface area contributed by atoms with Crippen molar-refractivity contribution in [2.45, 2.75) is 12.8 Å². The summed E-state index contributed by atoms with van der Waals surface area (Å²) < 4.78 is 0. The molecule has 0 heterocycles. The maximum absolute atomic E-state index is 11.3. The molecule has 2 amide bonds. The van der Waals surface area contributed by atoms with Crippen LogP contribution in [0.2, 0.25) is 0 Å². The van der Waals surface area contributed by atoms with Gasteiger partial charge in [-0.25, -0.2) is 0 Å². The van der Waals surface area contributed by atoms with E-state index < -0.39 is 0 Å². The second kappa shape index (κ2) is 15.2. The second-order valence-corrected chi connectivity index (χ2v) is 6.71. The topological polar surface area (TPSA) is 98.7 Å². The highest BCUT2D eigenvalue weighted by atomic mass is 32.2. The SMILES string of the molecule is C=C(CSCCC(=O)NCCO)CSCCC(=O)NCCO. The van der Waals surface area contributed by atoms with Gasteiger partial charge >= 0.3 is 0 Å². The monoisotopic (exact) mass is 350 g/mol. The Hall–Kier alpha value is -0.700. The lowest BCUT2D eigenvalue weighted by molar-refractivity contribution is -0.121. The molecular formula is C14H26N2O4S2. The lowest BCUT2D eigenvalue weighted by atomic mass is 10.4. The Kier molecular flexibility index (Phi) is 14.7. The molecule has 0 aliphatic carbocycles. The van der Waals surface area contributed by atoms with Gasteiger partial charge in [0.25, 0.3) is 0 Å². The summed E-state index contributed by atoms with van der Waals surface area (Å²) in [6, 6.07) is 0. The van der Waals surface area contributed by atoms with Gasteiger partial charge in [-0.05, 0) is 0 Å². The maximum Gasteiger partial charge on any atom is 0.220 e. The summed E-state index contributed by atoms with van der Waals surface area (Å²) >= 11 is 3.31. The van der Waals surface area contributed by atoms with E-state index in [0.717, 1.165) is 28.6 Å². The molecule has 0 aliphatic rings. The van der Waals surface area contributed by atoms with Crippen LogP contribution in [0.5, 0.6) is 0 Å². The zero-order valence-corrected chi connectivity index (χ0v) is 14.4. The van der Waals surface area contributed by atoms with Gasteiger partial charge in [-0.3, -0.25) is 9.59 Å². The Morgan fingerprint density at radius 3 is 1.64 bits per heavy atom. The van der Waals surface area contributed by atoms with Gasteiger partial charge in [0, 0.05) is 48.9 Å². The van der Waals surface area contributed by atoms with Crippen LogP contribution < -0.4 is 10.6 Å². The van der Waals surface area contributed by atoms with Crippen molar-refractivity contribution in [2.75, 3.05) is 49.3 Å². The number of aliphatic hydroxyl groups excluding tert-OH is 2. The molecule has 0 bridgehead atoms. The van der Waals surface area contributed by atoms with Crippen molar-refractivity contribution in [2.24, 2.45) is 0 Å². The van der Waals surface area contributed by atoms with Gasteiger partial charge in [0.15, 0.2) is 0 Å². The highest BCUT2D eigenvalue weighted by Crippen LogP contribution is 2.13. The molecular weight excluding hydrogens is 324 g/mol. The van der Waals surface area contributed by atoms with Gasteiger partial charge in [0.05, 0.1) is 13.2 Å². The number of carbonyl (C=O) groups is 2. The van der Waals surface area contributed by atoms with Gasteiger partial charge in [-0.15, -0.1) is 0 Å². The average molecular weight is 351 g/mol. The van der Waals surface area contributed by atoms with Gasteiger partial charge in [0.2, 0.25) is 11.8 Å². The van der Waals surface area contributed by atoms with Crippen LogP contribution in [0.3, 0.4) is 0 Å². The Bertz CT molecular complexity index is 311. The third kappa shape index (κ3) is 14.2. The molecule has 0 saturated heterocycles. The van der Waals surface area contributed by atoms with Gasteiger partial charge in [-0.1, -0.05) is 12.2 Å². The first-order valence-corrected chi connectivity index (χ1v) is 9.48. The van der Waals surface area contributed by atoms with E-state index in [1.54, 1.807) is 23.5 Å². The fourth-order valence-corrected chi connectivity index (χ4v) is 3.23. The summed E-state index contributed by atoms with van der Waals surface area (Å²) in [6.07, 6.45) is 0.881. The molecule has 0 radical (unpaired) electrons. The van der Waals surface area contributed by atoms with E-state index in [9.17, 15) is 9.59 Å². The number of rotatable bonds is 14. The number of carbonyl (C=O) groups excluding carboxylic acids is 2. The van der Waals surface area contributed by atoms with Crippen molar-refractivity contribution in [1.82, 2.24) is 10.6 Å². The lowest BCUT2D eigenvalue weighted by Crippen LogP contribution is -2.26. The van der Waals surface area contributed by atoms with E-state index in [1.165, 1.54) is 0 Å². The average Bonchev–Trinajstić information content (AvgIpc) is 2.51. The predicted molar refractivity (Wildman–Crippen MR) is 93.2 cm³/mol. The Balaban J connectivity index is 3.43. The van der Waals surface area contributed by atoms with Crippen molar-refractivity contribution in [3.63, 3.8) is 0 Å². The van der Waals surface area contributed by atoms with E-state index in [-0.39, 0.29) is 25.0 Å². The minimum Gasteiger partial charge on any atom is -0.395 e. The molecule has 0 aliphatic heterocycles. The molecule has 0 spiro atoms. The molecule has 0 saturated carbocycles. The predicted octanol–water partition coefficient (Wildman–Crippen LogP) is 0.00620. The molecule has 22 heavy (non-hydrogen) atoms. The number of hydrogen-bond acceptors (Lipinski definition) is 6. The van der Waals surface area contributed by atoms with Crippen molar-refractivity contribution < 1.29 is 19.8 Å². The number of nitrogens with one attached hydrogen (secondary N) is 2. The van der Waals surface area contributed by atoms with Crippen molar-refractivity contribution in [3.8, 4) is 0 Å². The summed E-state index contributed by atoms with van der Waals surface area (Å²) in [5, 5.41) is 22.3. The summed E-state index contributed by atoms with van der Waals surface area (Å²) in [5.41, 5.74) is 1.08. The molecule has 0 aromatic rings. The molecule has 0 rings (SSSR count). The molecule has 0 aromatic heterocycles. The Morgan fingerprint density at radius 2 is 1.27 bits per heavy atom. The van der Waals surface area contributed by atoms with Crippen molar-refractivity contribution >= 4 is 35.3 Å². The van der Waals surface area contributed by atoms with Crippen LogP contribution in [0.15, 0.2) is 12.2 Å². The minimum atomic E-state index is -0.0459. The molecule has 4 N–H and O–H groups in total. The third-order valence-electron chi connectivity index (χ3n) is 2.43. The number of hydrogen-bond donors (Lipinski definition) is 4. The zero-order chi connectivity index (χ0) is 16.6. The quantitative estimate of drug-likeness (QED) is 0.260. The molecule has 8 heteroatoms. The first-order valence-electron chi connectivity index (χ1n) is 7.17. The standard InChI is InChI=1S/C14H26N2O4S2/c1-12(10-21-8-2-13(19)15-4-6-17)11-22-9-3-14(20)16-5-7-18/h17-18H,1-11H2,(H,15,19)(H,16,20). The van der Waals surface area contributed by atoms with E-state index in [0.29, 0.717) is 25.9 Å². The van der Waals surface area contributed by atoms with Crippen LogP contribution in [-0.4, -0.2) is 71.3 Å². The first kappa shape index (κ1) is 21.3. The van der Waals surface area contributed by atoms with Gasteiger partial charge in [-0.2, -0.15) is 23.5 Å². The highest BCUT2D eigenvalue weighted by Gasteiger charge is 2.03. The van der Waals surface area contributed by atoms with Crippen LogP contribution in [-0.2, 0) is 9.59 Å². The van der Waals surface area contributed by atoms with E-state index in [2.05, 4.69) is 17.2 Å². The van der Waals surface area contributed by atoms with Crippen LogP contribution in [0.25, 0.3) is 0 Å². The van der Waals surface area contributed by atoms with Crippen molar-refractivity contribution in [3.05, 3.63) is 12.2 Å². The number of amides is 2. The van der Waals surface area contributed by atoms with E-state index >= 15 is 0 Å². The third-order valence-corrected chi connectivity index (χ3v) is 4.64. The molecule has 0 fully saturated rings. The van der Waals surface area contributed by atoms with Gasteiger partial charge in [0.1, 0.15) is 0 Å². The summed E-state index contributed by atoms with van der Waals surface area (Å²) in [5.74, 6) is 2.97. The van der Waals surface area contributed by atoms with Crippen LogP contribution in [0, 0.1) is 0 Å². The molecule has 128 valence electrons. The van der Waals surface area contributed by atoms with Crippen LogP contribution in [0.1, 0.15) is 12.8 Å². The summed E-state index contributed by atoms with van der Waals surface area (Å²) in [7, 11) is 0. The number of aliphatic hydroxyl groups is 2.